The van der Waals surface area contributed by atoms with E-state index in [0.717, 1.165) is 22.8 Å². The van der Waals surface area contributed by atoms with Crippen molar-refractivity contribution in [2.24, 2.45) is 0 Å². The molecule has 1 aromatic carbocycles. The van der Waals surface area contributed by atoms with E-state index >= 15 is 0 Å². The van der Waals surface area contributed by atoms with Crippen LogP contribution in [0.3, 0.4) is 0 Å². The van der Waals surface area contributed by atoms with Gasteiger partial charge in [0, 0.05) is 11.1 Å². The van der Waals surface area contributed by atoms with Gasteiger partial charge in [-0.1, -0.05) is 19.1 Å². The van der Waals surface area contributed by atoms with Gasteiger partial charge in [0.15, 0.2) is 0 Å². The van der Waals surface area contributed by atoms with Crippen LogP contribution in [0.1, 0.15) is 31.0 Å². The Labute approximate surface area is 151 Å². The number of hydrogen-bond acceptors (Lipinski definition) is 5. The van der Waals surface area contributed by atoms with Crippen LogP contribution >= 0.6 is 11.3 Å². The minimum Gasteiger partial charge on any atom is -0.323 e. The summed E-state index contributed by atoms with van der Waals surface area (Å²) >= 11 is 1.59. The molecule has 2 N–H and O–H groups in total. The van der Waals surface area contributed by atoms with E-state index in [4.69, 9.17) is 0 Å². The number of carbonyl (C=O) groups is 2. The Morgan fingerprint density at radius 1 is 1.44 bits per heavy atom. The Kier molecular flexibility index (Phi) is 4.87. The predicted molar refractivity (Wildman–Crippen MR) is 99.9 cm³/mol. The number of anilines is 2. The van der Waals surface area contributed by atoms with E-state index in [1.807, 2.05) is 30.5 Å². The number of thiazole rings is 1. The molecule has 2 heterocycles. The fourth-order valence-corrected chi connectivity index (χ4v) is 3.79. The molecule has 7 heteroatoms. The molecule has 1 atom stereocenters. The van der Waals surface area contributed by atoms with Crippen molar-refractivity contribution >= 4 is 34.5 Å². The van der Waals surface area contributed by atoms with Gasteiger partial charge in [-0.2, -0.15) is 0 Å². The molecule has 2 aromatic rings. The Balaban J connectivity index is 1.75. The minimum absolute atomic E-state index is 0.0384. The number of nitrogens with one attached hydrogen (secondary N) is 2. The van der Waals surface area contributed by atoms with E-state index in [2.05, 4.69) is 29.5 Å². The fourth-order valence-electron chi connectivity index (χ4n) is 2.78. The summed E-state index contributed by atoms with van der Waals surface area (Å²) in [4.78, 5) is 30.8. The highest BCUT2D eigenvalue weighted by Crippen LogP contribution is 2.30. The molecular weight excluding hydrogens is 336 g/mol. The summed E-state index contributed by atoms with van der Waals surface area (Å²) < 4.78 is 0. The summed E-state index contributed by atoms with van der Waals surface area (Å²) in [6.45, 7) is 6.26. The quantitative estimate of drug-likeness (QED) is 0.862. The molecule has 3 rings (SSSR count). The predicted octanol–water partition coefficient (Wildman–Crippen LogP) is 2.65. The van der Waals surface area contributed by atoms with E-state index in [1.165, 1.54) is 4.90 Å². The number of rotatable bonds is 5. The first-order chi connectivity index (χ1) is 11.9. The van der Waals surface area contributed by atoms with E-state index in [0.29, 0.717) is 5.69 Å². The molecule has 0 bridgehead atoms. The van der Waals surface area contributed by atoms with Crippen molar-refractivity contribution in [3.8, 4) is 0 Å². The van der Waals surface area contributed by atoms with Crippen LogP contribution in [-0.4, -0.2) is 29.9 Å². The van der Waals surface area contributed by atoms with Crippen molar-refractivity contribution in [2.45, 2.75) is 32.7 Å². The number of fused-ring (bicyclic) bond motifs is 1. The number of aromatic nitrogens is 1. The van der Waals surface area contributed by atoms with Gasteiger partial charge in [-0.05, 0) is 32.4 Å². The maximum Gasteiger partial charge on any atom is 0.244 e. The SMILES string of the molecule is CCC(C)(NCC(=O)N1CC(=O)Nc2ccccc21)c1nc(C)cs1. The zero-order valence-corrected chi connectivity index (χ0v) is 15.4. The number of aryl methyl sites for hydroxylation is 1. The largest absolute Gasteiger partial charge is 0.323 e. The topological polar surface area (TPSA) is 74.3 Å². The Bertz CT molecular complexity index is 804. The smallest absolute Gasteiger partial charge is 0.244 e. The molecule has 6 nitrogen and oxygen atoms in total. The van der Waals surface area contributed by atoms with Crippen molar-refractivity contribution in [2.75, 3.05) is 23.3 Å². The first kappa shape index (κ1) is 17.6. The Morgan fingerprint density at radius 3 is 2.88 bits per heavy atom. The molecule has 25 heavy (non-hydrogen) atoms. The maximum atomic E-state index is 12.8. The first-order valence-electron chi connectivity index (χ1n) is 8.30. The third kappa shape index (κ3) is 3.57. The molecule has 0 aliphatic carbocycles. The summed E-state index contributed by atoms with van der Waals surface area (Å²) in [6, 6.07) is 7.34. The average molecular weight is 358 g/mol. The molecule has 0 saturated carbocycles. The van der Waals surface area contributed by atoms with Crippen molar-refractivity contribution in [1.29, 1.82) is 0 Å². The average Bonchev–Trinajstić information content (AvgIpc) is 3.05. The summed E-state index contributed by atoms with van der Waals surface area (Å²) in [7, 11) is 0. The molecule has 0 saturated heterocycles. The van der Waals surface area contributed by atoms with Crippen molar-refractivity contribution in [3.05, 3.63) is 40.3 Å². The van der Waals surface area contributed by atoms with Crippen LogP contribution < -0.4 is 15.5 Å². The highest BCUT2D eigenvalue weighted by molar-refractivity contribution is 7.09. The molecule has 2 amide bonds. The van der Waals surface area contributed by atoms with Gasteiger partial charge in [-0.25, -0.2) is 4.98 Å². The summed E-state index contributed by atoms with van der Waals surface area (Å²) in [5, 5.41) is 9.12. The highest BCUT2D eigenvalue weighted by atomic mass is 32.1. The molecular formula is C18H22N4O2S. The van der Waals surface area contributed by atoms with Crippen LogP contribution in [0.4, 0.5) is 11.4 Å². The third-order valence-electron chi connectivity index (χ3n) is 4.50. The van der Waals surface area contributed by atoms with Crippen molar-refractivity contribution in [3.63, 3.8) is 0 Å². The maximum absolute atomic E-state index is 12.8. The van der Waals surface area contributed by atoms with Gasteiger partial charge in [0.05, 0.1) is 23.5 Å². The molecule has 1 aliphatic rings. The number of benzene rings is 1. The zero-order chi connectivity index (χ0) is 18.0. The molecule has 132 valence electrons. The van der Waals surface area contributed by atoms with Gasteiger partial charge >= 0.3 is 0 Å². The van der Waals surface area contributed by atoms with E-state index in [-0.39, 0.29) is 30.4 Å². The van der Waals surface area contributed by atoms with Gasteiger partial charge in [0.2, 0.25) is 11.8 Å². The summed E-state index contributed by atoms with van der Waals surface area (Å²) in [5.41, 5.74) is 2.01. The minimum atomic E-state index is -0.369. The van der Waals surface area contributed by atoms with Gasteiger partial charge in [-0.15, -0.1) is 11.3 Å². The number of nitrogens with zero attached hydrogens (tertiary/aromatic N) is 2. The van der Waals surface area contributed by atoms with E-state index < -0.39 is 0 Å². The molecule has 0 fully saturated rings. The normalized spacial score (nSPS) is 16.1. The van der Waals surface area contributed by atoms with Crippen molar-refractivity contribution in [1.82, 2.24) is 10.3 Å². The third-order valence-corrected chi connectivity index (χ3v) is 5.72. The summed E-state index contributed by atoms with van der Waals surface area (Å²) in [5.74, 6) is -0.309. The van der Waals surface area contributed by atoms with Crippen LogP contribution in [0.2, 0.25) is 0 Å². The Hall–Kier alpha value is -2.25. The summed E-state index contributed by atoms with van der Waals surface area (Å²) in [6.07, 6.45) is 0.810. The number of para-hydroxylation sites is 2. The lowest BCUT2D eigenvalue weighted by Crippen LogP contribution is -2.49. The number of amides is 2. The molecule has 1 unspecified atom stereocenters. The lowest BCUT2D eigenvalue weighted by atomic mass is 10.00. The van der Waals surface area contributed by atoms with Gasteiger partial charge in [0.1, 0.15) is 11.6 Å². The lowest BCUT2D eigenvalue weighted by Gasteiger charge is -2.32. The molecule has 1 aromatic heterocycles. The van der Waals surface area contributed by atoms with E-state index in [1.54, 1.807) is 17.4 Å². The second-order valence-corrected chi connectivity index (χ2v) is 7.24. The van der Waals surface area contributed by atoms with Gasteiger partial charge in [0.25, 0.3) is 0 Å². The lowest BCUT2D eigenvalue weighted by molar-refractivity contribution is -0.121. The van der Waals surface area contributed by atoms with Crippen LogP contribution in [0.15, 0.2) is 29.6 Å². The van der Waals surface area contributed by atoms with Gasteiger partial charge in [-0.3, -0.25) is 19.8 Å². The first-order valence-corrected chi connectivity index (χ1v) is 9.18. The van der Waals surface area contributed by atoms with Crippen LogP contribution in [0.25, 0.3) is 0 Å². The van der Waals surface area contributed by atoms with Crippen LogP contribution in [0, 0.1) is 6.92 Å². The monoisotopic (exact) mass is 358 g/mol. The highest BCUT2D eigenvalue weighted by Gasteiger charge is 2.31. The Morgan fingerprint density at radius 2 is 2.20 bits per heavy atom. The second-order valence-electron chi connectivity index (χ2n) is 6.38. The van der Waals surface area contributed by atoms with Crippen LogP contribution in [-0.2, 0) is 15.1 Å². The molecule has 0 radical (unpaired) electrons. The number of hydrogen-bond donors (Lipinski definition) is 2. The van der Waals surface area contributed by atoms with Crippen molar-refractivity contribution < 1.29 is 9.59 Å². The fraction of sp³-hybridized carbons (Fsp3) is 0.389. The van der Waals surface area contributed by atoms with Gasteiger partial charge < -0.3 is 5.32 Å². The molecule has 1 aliphatic heterocycles. The molecule has 0 spiro atoms. The number of carbonyl (C=O) groups excluding carboxylic acids is 2. The standard InChI is InChI=1S/C18H22N4O2S/c1-4-18(3,17-20-12(2)11-25-17)19-9-16(24)22-10-15(23)21-13-7-5-6-8-14(13)22/h5-8,11,19H,4,9-10H2,1-3H3,(H,21,23). The second kappa shape index (κ2) is 6.93. The van der Waals surface area contributed by atoms with E-state index in [9.17, 15) is 9.59 Å². The van der Waals surface area contributed by atoms with Crippen LogP contribution in [0.5, 0.6) is 0 Å². The zero-order valence-electron chi connectivity index (χ0n) is 14.6.